The predicted octanol–water partition coefficient (Wildman–Crippen LogP) is 4.32. The standard InChI is InChI=1S/C16H15ClINO/c17-13-9-12(3-5-14(13)18)16(19)11-4-6-15-10(8-11)2-1-7-20-15/h3-6,8-9,16H,1-2,7,19H2. The van der Waals surface area contributed by atoms with Gasteiger partial charge < -0.3 is 10.5 Å². The molecule has 0 saturated carbocycles. The summed E-state index contributed by atoms with van der Waals surface area (Å²) in [7, 11) is 0. The average Bonchev–Trinajstić information content (AvgIpc) is 2.49. The van der Waals surface area contributed by atoms with Crippen molar-refractivity contribution in [3.63, 3.8) is 0 Å². The third-order valence-corrected chi connectivity index (χ3v) is 5.17. The molecule has 1 heterocycles. The van der Waals surface area contributed by atoms with Gasteiger partial charge in [0, 0.05) is 3.57 Å². The van der Waals surface area contributed by atoms with Gasteiger partial charge in [0.25, 0.3) is 0 Å². The van der Waals surface area contributed by atoms with E-state index in [0.717, 1.165) is 44.9 Å². The minimum absolute atomic E-state index is 0.156. The second-order valence-corrected chi connectivity index (χ2v) is 6.54. The monoisotopic (exact) mass is 399 g/mol. The summed E-state index contributed by atoms with van der Waals surface area (Å²) < 4.78 is 6.68. The highest BCUT2D eigenvalue weighted by molar-refractivity contribution is 14.1. The van der Waals surface area contributed by atoms with E-state index in [1.807, 2.05) is 30.3 Å². The summed E-state index contributed by atoms with van der Waals surface area (Å²) in [5.74, 6) is 0.993. The highest BCUT2D eigenvalue weighted by Crippen LogP contribution is 2.30. The first kappa shape index (κ1) is 14.2. The van der Waals surface area contributed by atoms with Crippen LogP contribution >= 0.6 is 34.2 Å². The summed E-state index contributed by atoms with van der Waals surface area (Å²) in [6, 6.07) is 12.1. The lowest BCUT2D eigenvalue weighted by Gasteiger charge is -2.20. The highest BCUT2D eigenvalue weighted by atomic mass is 127. The maximum absolute atomic E-state index is 6.37. The van der Waals surface area contributed by atoms with Gasteiger partial charge in [0.2, 0.25) is 0 Å². The Morgan fingerprint density at radius 1 is 1.15 bits per heavy atom. The van der Waals surface area contributed by atoms with E-state index < -0.39 is 0 Å². The number of ether oxygens (including phenoxy) is 1. The molecule has 2 aromatic rings. The Bertz CT molecular complexity index is 644. The van der Waals surface area contributed by atoms with Crippen LogP contribution in [0.2, 0.25) is 5.02 Å². The fraction of sp³-hybridized carbons (Fsp3) is 0.250. The van der Waals surface area contributed by atoms with Gasteiger partial charge in [-0.1, -0.05) is 29.8 Å². The van der Waals surface area contributed by atoms with Gasteiger partial charge >= 0.3 is 0 Å². The van der Waals surface area contributed by atoms with Crippen LogP contribution < -0.4 is 10.5 Å². The zero-order valence-corrected chi connectivity index (χ0v) is 13.8. The quantitative estimate of drug-likeness (QED) is 0.764. The smallest absolute Gasteiger partial charge is 0.122 e. The Morgan fingerprint density at radius 2 is 1.90 bits per heavy atom. The lowest BCUT2D eigenvalue weighted by molar-refractivity contribution is 0.288. The summed E-state index contributed by atoms with van der Waals surface area (Å²) in [5, 5.41) is 0.750. The minimum atomic E-state index is -0.156. The van der Waals surface area contributed by atoms with E-state index in [4.69, 9.17) is 22.1 Å². The molecule has 1 atom stereocenters. The van der Waals surface area contributed by atoms with E-state index in [0.29, 0.717) is 0 Å². The van der Waals surface area contributed by atoms with E-state index in [-0.39, 0.29) is 6.04 Å². The van der Waals surface area contributed by atoms with Crippen LogP contribution in [0, 0.1) is 3.57 Å². The van der Waals surface area contributed by atoms with E-state index in [1.54, 1.807) is 0 Å². The molecular weight excluding hydrogens is 385 g/mol. The molecule has 0 fully saturated rings. The van der Waals surface area contributed by atoms with Crippen LogP contribution in [-0.4, -0.2) is 6.61 Å². The van der Waals surface area contributed by atoms with Crippen molar-refractivity contribution >= 4 is 34.2 Å². The fourth-order valence-corrected chi connectivity index (χ4v) is 3.00. The largest absolute Gasteiger partial charge is 0.493 e. The van der Waals surface area contributed by atoms with Crippen molar-refractivity contribution in [1.82, 2.24) is 0 Å². The Labute approximate surface area is 137 Å². The number of hydrogen-bond acceptors (Lipinski definition) is 2. The molecule has 0 radical (unpaired) electrons. The van der Waals surface area contributed by atoms with Crippen LogP contribution in [0.1, 0.15) is 29.2 Å². The normalized spacial score (nSPS) is 15.3. The first-order valence-corrected chi connectivity index (χ1v) is 8.07. The summed E-state index contributed by atoms with van der Waals surface area (Å²) in [6.07, 6.45) is 2.13. The number of rotatable bonds is 2. The number of fused-ring (bicyclic) bond motifs is 1. The van der Waals surface area contributed by atoms with Gasteiger partial charge in [-0.15, -0.1) is 0 Å². The predicted molar refractivity (Wildman–Crippen MR) is 90.5 cm³/mol. The van der Waals surface area contributed by atoms with Crippen molar-refractivity contribution < 1.29 is 4.74 Å². The molecule has 1 unspecified atom stereocenters. The molecule has 1 aliphatic heterocycles. The molecule has 4 heteroatoms. The molecule has 2 aromatic carbocycles. The maximum Gasteiger partial charge on any atom is 0.122 e. The van der Waals surface area contributed by atoms with E-state index >= 15 is 0 Å². The fourth-order valence-electron chi connectivity index (χ4n) is 2.47. The number of hydrogen-bond donors (Lipinski definition) is 1. The van der Waals surface area contributed by atoms with E-state index in [1.165, 1.54) is 5.56 Å². The topological polar surface area (TPSA) is 35.2 Å². The van der Waals surface area contributed by atoms with E-state index in [9.17, 15) is 0 Å². The highest BCUT2D eigenvalue weighted by Gasteiger charge is 2.15. The molecule has 0 amide bonds. The number of aryl methyl sites for hydroxylation is 1. The van der Waals surface area contributed by atoms with Gasteiger partial charge in [-0.05, 0) is 70.3 Å². The van der Waals surface area contributed by atoms with Gasteiger partial charge in [0.05, 0.1) is 17.7 Å². The first-order valence-electron chi connectivity index (χ1n) is 6.61. The van der Waals surface area contributed by atoms with Gasteiger partial charge in [0.1, 0.15) is 5.75 Å². The Hall–Kier alpha value is -0.780. The number of nitrogens with two attached hydrogens (primary N) is 1. The van der Waals surface area contributed by atoms with Crippen molar-refractivity contribution in [2.75, 3.05) is 6.61 Å². The third kappa shape index (κ3) is 2.80. The second kappa shape index (κ2) is 5.92. The lowest BCUT2D eigenvalue weighted by atomic mass is 9.95. The van der Waals surface area contributed by atoms with Crippen molar-refractivity contribution in [2.24, 2.45) is 5.73 Å². The molecule has 0 aliphatic carbocycles. The lowest BCUT2D eigenvalue weighted by Crippen LogP contribution is -2.14. The van der Waals surface area contributed by atoms with E-state index in [2.05, 4.69) is 28.7 Å². The molecule has 104 valence electrons. The molecule has 0 bridgehead atoms. The van der Waals surface area contributed by atoms with Gasteiger partial charge in [-0.3, -0.25) is 0 Å². The van der Waals surface area contributed by atoms with Crippen molar-refractivity contribution in [3.05, 3.63) is 61.7 Å². The SMILES string of the molecule is NC(c1ccc(I)c(Cl)c1)c1ccc2c(c1)CCCO2. The molecule has 2 N–H and O–H groups in total. The van der Waals surface area contributed by atoms with Crippen LogP contribution in [0.3, 0.4) is 0 Å². The molecular formula is C16H15ClINO. The maximum atomic E-state index is 6.37. The zero-order valence-electron chi connectivity index (χ0n) is 10.9. The summed E-state index contributed by atoms with van der Waals surface area (Å²) in [4.78, 5) is 0. The van der Waals surface area contributed by atoms with Crippen molar-refractivity contribution in [1.29, 1.82) is 0 Å². The Morgan fingerprint density at radius 3 is 2.70 bits per heavy atom. The minimum Gasteiger partial charge on any atom is -0.493 e. The molecule has 0 aromatic heterocycles. The molecule has 20 heavy (non-hydrogen) atoms. The molecule has 1 aliphatic rings. The summed E-state index contributed by atoms with van der Waals surface area (Å²) in [5.41, 5.74) is 9.75. The second-order valence-electron chi connectivity index (χ2n) is 4.97. The van der Waals surface area contributed by atoms with Gasteiger partial charge in [0.15, 0.2) is 0 Å². The van der Waals surface area contributed by atoms with Crippen LogP contribution in [0.15, 0.2) is 36.4 Å². The van der Waals surface area contributed by atoms with Crippen molar-refractivity contribution in [3.8, 4) is 5.75 Å². The molecule has 0 spiro atoms. The Kier molecular flexibility index (Phi) is 4.19. The Balaban J connectivity index is 1.93. The number of benzene rings is 2. The van der Waals surface area contributed by atoms with Crippen LogP contribution in [0.4, 0.5) is 0 Å². The van der Waals surface area contributed by atoms with Crippen molar-refractivity contribution in [2.45, 2.75) is 18.9 Å². The molecule has 0 saturated heterocycles. The molecule has 3 rings (SSSR count). The average molecular weight is 400 g/mol. The van der Waals surface area contributed by atoms with Gasteiger partial charge in [-0.25, -0.2) is 0 Å². The third-order valence-electron chi connectivity index (χ3n) is 3.59. The molecule has 2 nitrogen and oxygen atoms in total. The zero-order chi connectivity index (χ0) is 14.1. The number of halogens is 2. The van der Waals surface area contributed by atoms with Crippen LogP contribution in [0.5, 0.6) is 5.75 Å². The first-order chi connectivity index (χ1) is 9.65. The van der Waals surface area contributed by atoms with Crippen LogP contribution in [0.25, 0.3) is 0 Å². The summed E-state index contributed by atoms with van der Waals surface area (Å²) in [6.45, 7) is 0.811. The van der Waals surface area contributed by atoms with Gasteiger partial charge in [-0.2, -0.15) is 0 Å². The van der Waals surface area contributed by atoms with Crippen LogP contribution in [-0.2, 0) is 6.42 Å². The summed E-state index contributed by atoms with van der Waals surface area (Å²) >= 11 is 8.40.